The van der Waals surface area contributed by atoms with Crippen LogP contribution in [-0.4, -0.2) is 45.5 Å². The number of furan rings is 1. The molecule has 3 heterocycles. The van der Waals surface area contributed by atoms with Gasteiger partial charge in [0.2, 0.25) is 11.8 Å². The Morgan fingerprint density at radius 1 is 1.30 bits per heavy atom. The van der Waals surface area contributed by atoms with Crippen molar-refractivity contribution in [2.24, 2.45) is 0 Å². The molecule has 1 aliphatic heterocycles. The molecule has 9 heteroatoms. The van der Waals surface area contributed by atoms with Gasteiger partial charge in [0.05, 0.1) is 31.0 Å². The molecule has 1 aliphatic rings. The van der Waals surface area contributed by atoms with Crippen molar-refractivity contribution in [1.29, 1.82) is 0 Å². The van der Waals surface area contributed by atoms with E-state index in [0.717, 1.165) is 0 Å². The minimum absolute atomic E-state index is 0.0463. The Morgan fingerprint density at radius 2 is 2.13 bits per heavy atom. The van der Waals surface area contributed by atoms with Gasteiger partial charge in [0.15, 0.2) is 10.8 Å². The second-order valence-electron chi connectivity index (χ2n) is 7.06. The number of β-amino-alcohol motifs (C(OH)–C–C–N with tert-alkyl or cyclic N) is 1. The number of aliphatic hydroxyl groups excluding tert-OH is 1. The smallest absolute Gasteiger partial charge is 0.243 e. The molecule has 2 aromatic heterocycles. The molecule has 2 amide bonds. The summed E-state index contributed by atoms with van der Waals surface area (Å²) in [6.45, 7) is 0.239. The fourth-order valence-corrected chi connectivity index (χ4v) is 4.23. The molecule has 1 fully saturated rings. The second-order valence-corrected chi connectivity index (χ2v) is 7.92. The SMILES string of the molecule is O=C(NCc1csc(-c2ccco2)n1)C1CC(O)CN1C(=O)Cc1ccccc1F. The number of thiazole rings is 1. The van der Waals surface area contributed by atoms with Crippen molar-refractivity contribution >= 4 is 23.2 Å². The molecule has 30 heavy (non-hydrogen) atoms. The first-order valence-corrected chi connectivity index (χ1v) is 10.4. The fourth-order valence-electron chi connectivity index (χ4n) is 3.44. The predicted octanol–water partition coefficient (Wildman–Crippen LogP) is 2.36. The Labute approximate surface area is 176 Å². The highest BCUT2D eigenvalue weighted by Gasteiger charge is 2.38. The zero-order valence-electron chi connectivity index (χ0n) is 16.0. The summed E-state index contributed by atoms with van der Waals surface area (Å²) in [5, 5.41) is 15.3. The van der Waals surface area contributed by atoms with Crippen LogP contribution in [-0.2, 0) is 22.6 Å². The van der Waals surface area contributed by atoms with Crippen molar-refractivity contribution in [2.75, 3.05) is 6.54 Å². The highest BCUT2D eigenvalue weighted by molar-refractivity contribution is 7.13. The van der Waals surface area contributed by atoms with E-state index in [1.54, 1.807) is 30.5 Å². The maximum absolute atomic E-state index is 13.9. The molecule has 2 unspecified atom stereocenters. The van der Waals surface area contributed by atoms with Gasteiger partial charge in [0.1, 0.15) is 11.9 Å². The second kappa shape index (κ2) is 8.76. The molecular weight excluding hydrogens is 409 g/mol. The molecule has 7 nitrogen and oxygen atoms in total. The normalized spacial score (nSPS) is 18.5. The maximum atomic E-state index is 13.9. The van der Waals surface area contributed by atoms with Gasteiger partial charge >= 0.3 is 0 Å². The summed E-state index contributed by atoms with van der Waals surface area (Å²) in [6, 6.07) is 8.80. The lowest BCUT2D eigenvalue weighted by Gasteiger charge is -2.23. The standard InChI is InChI=1S/C21H20FN3O4S/c22-16-5-2-1-4-13(16)8-19(27)25-11-15(26)9-17(25)20(28)23-10-14-12-30-21(24-14)18-6-3-7-29-18/h1-7,12,15,17,26H,8-11H2,(H,23,28). The summed E-state index contributed by atoms with van der Waals surface area (Å²) >= 11 is 1.40. The first-order chi connectivity index (χ1) is 14.5. The first kappa shape index (κ1) is 20.2. The van der Waals surface area contributed by atoms with Crippen LogP contribution < -0.4 is 5.32 Å². The van der Waals surface area contributed by atoms with E-state index < -0.39 is 23.9 Å². The molecule has 156 valence electrons. The molecule has 0 saturated carbocycles. The summed E-state index contributed by atoms with van der Waals surface area (Å²) < 4.78 is 19.2. The summed E-state index contributed by atoms with van der Waals surface area (Å²) in [5.41, 5.74) is 0.929. The van der Waals surface area contributed by atoms with Crippen molar-refractivity contribution in [1.82, 2.24) is 15.2 Å². The van der Waals surface area contributed by atoms with Gasteiger partial charge in [-0.2, -0.15) is 0 Å². The average Bonchev–Trinajstić information content (AvgIpc) is 3.48. The lowest BCUT2D eigenvalue weighted by atomic mass is 10.1. The third-order valence-electron chi connectivity index (χ3n) is 4.93. The minimum Gasteiger partial charge on any atom is -0.462 e. The number of halogens is 1. The van der Waals surface area contributed by atoms with E-state index in [0.29, 0.717) is 16.5 Å². The molecular formula is C21H20FN3O4S. The van der Waals surface area contributed by atoms with Gasteiger partial charge in [-0.05, 0) is 23.8 Å². The molecule has 1 aromatic carbocycles. The average molecular weight is 429 g/mol. The molecule has 0 aliphatic carbocycles. The monoisotopic (exact) mass is 429 g/mol. The number of amides is 2. The highest BCUT2D eigenvalue weighted by Crippen LogP contribution is 2.24. The zero-order valence-corrected chi connectivity index (χ0v) is 16.8. The quantitative estimate of drug-likeness (QED) is 0.627. The Morgan fingerprint density at radius 3 is 2.90 bits per heavy atom. The summed E-state index contributed by atoms with van der Waals surface area (Å²) in [7, 11) is 0. The highest BCUT2D eigenvalue weighted by atomic mass is 32.1. The third kappa shape index (κ3) is 4.42. The molecule has 0 radical (unpaired) electrons. The van der Waals surface area contributed by atoms with Gasteiger partial charge < -0.3 is 19.7 Å². The van der Waals surface area contributed by atoms with Crippen LogP contribution in [0.15, 0.2) is 52.5 Å². The Bertz CT molecular complexity index is 1040. The topological polar surface area (TPSA) is 95.7 Å². The van der Waals surface area contributed by atoms with Crippen molar-refractivity contribution in [3.05, 3.63) is 65.1 Å². The van der Waals surface area contributed by atoms with E-state index >= 15 is 0 Å². The third-order valence-corrected chi connectivity index (χ3v) is 5.83. The van der Waals surface area contributed by atoms with Crippen LogP contribution in [0.4, 0.5) is 4.39 Å². The number of rotatable bonds is 6. The number of nitrogens with zero attached hydrogens (tertiary/aromatic N) is 2. The molecule has 1 saturated heterocycles. The van der Waals surface area contributed by atoms with Gasteiger partial charge in [0.25, 0.3) is 0 Å². The Hall–Kier alpha value is -3.04. The van der Waals surface area contributed by atoms with Crippen molar-refractivity contribution in [2.45, 2.75) is 31.5 Å². The van der Waals surface area contributed by atoms with Crippen molar-refractivity contribution < 1.29 is 23.5 Å². The van der Waals surface area contributed by atoms with Crippen LogP contribution in [0.1, 0.15) is 17.7 Å². The number of benzene rings is 1. The van der Waals surface area contributed by atoms with E-state index in [4.69, 9.17) is 4.42 Å². The lowest BCUT2D eigenvalue weighted by molar-refractivity contribution is -0.138. The van der Waals surface area contributed by atoms with Gasteiger partial charge in [-0.15, -0.1) is 11.3 Å². The number of aromatic nitrogens is 1. The van der Waals surface area contributed by atoms with E-state index in [1.807, 2.05) is 5.38 Å². The van der Waals surface area contributed by atoms with Gasteiger partial charge in [0, 0.05) is 18.3 Å². The first-order valence-electron chi connectivity index (χ1n) is 9.48. The molecule has 4 rings (SSSR count). The summed E-state index contributed by atoms with van der Waals surface area (Å²) in [4.78, 5) is 31.1. The number of likely N-dealkylation sites (tertiary alicyclic amines) is 1. The number of hydrogen-bond donors (Lipinski definition) is 2. The van der Waals surface area contributed by atoms with Gasteiger partial charge in [-0.25, -0.2) is 9.37 Å². The zero-order chi connectivity index (χ0) is 21.1. The number of aliphatic hydroxyl groups is 1. The van der Waals surface area contributed by atoms with Crippen LogP contribution >= 0.6 is 11.3 Å². The van der Waals surface area contributed by atoms with Crippen molar-refractivity contribution in [3.63, 3.8) is 0 Å². The van der Waals surface area contributed by atoms with Crippen molar-refractivity contribution in [3.8, 4) is 10.8 Å². The Kier molecular flexibility index (Phi) is 5.91. The van der Waals surface area contributed by atoms with E-state index in [1.165, 1.54) is 28.4 Å². The van der Waals surface area contributed by atoms with Crippen LogP contribution in [0, 0.1) is 5.82 Å². The number of hydrogen-bond acceptors (Lipinski definition) is 6. The molecule has 3 aromatic rings. The molecule has 0 bridgehead atoms. The van der Waals surface area contributed by atoms with Crippen LogP contribution in [0.3, 0.4) is 0 Å². The van der Waals surface area contributed by atoms with Crippen LogP contribution in [0.25, 0.3) is 10.8 Å². The van der Waals surface area contributed by atoms with E-state index in [9.17, 15) is 19.1 Å². The molecule has 0 spiro atoms. The number of carbonyl (C=O) groups excluding carboxylic acids is 2. The van der Waals surface area contributed by atoms with Gasteiger partial charge in [-0.3, -0.25) is 9.59 Å². The minimum atomic E-state index is -0.803. The summed E-state index contributed by atoms with van der Waals surface area (Å²) in [6.07, 6.45) is 0.747. The summed E-state index contributed by atoms with van der Waals surface area (Å²) in [5.74, 6) is -0.588. The van der Waals surface area contributed by atoms with Crippen LogP contribution in [0.2, 0.25) is 0 Å². The lowest BCUT2D eigenvalue weighted by Crippen LogP contribution is -2.46. The molecule has 2 atom stereocenters. The fraction of sp³-hybridized carbons (Fsp3) is 0.286. The molecule has 2 N–H and O–H groups in total. The number of carbonyl (C=O) groups is 2. The predicted molar refractivity (Wildman–Crippen MR) is 108 cm³/mol. The van der Waals surface area contributed by atoms with Crippen LogP contribution in [0.5, 0.6) is 0 Å². The van der Waals surface area contributed by atoms with E-state index in [2.05, 4.69) is 10.3 Å². The van der Waals surface area contributed by atoms with E-state index in [-0.39, 0.29) is 37.4 Å². The maximum Gasteiger partial charge on any atom is 0.243 e. The largest absolute Gasteiger partial charge is 0.462 e. The van der Waals surface area contributed by atoms with Gasteiger partial charge in [-0.1, -0.05) is 18.2 Å². The number of nitrogens with one attached hydrogen (secondary N) is 1. The Balaban J connectivity index is 1.38.